The van der Waals surface area contributed by atoms with Crippen molar-refractivity contribution in [2.24, 2.45) is 0 Å². The lowest BCUT2D eigenvalue weighted by Crippen LogP contribution is -2.36. The molecule has 1 rings (SSSR count). The van der Waals surface area contributed by atoms with Crippen LogP contribution >= 0.6 is 23.4 Å². The first-order chi connectivity index (χ1) is 8.34. The van der Waals surface area contributed by atoms with E-state index >= 15 is 0 Å². The molecule has 0 aliphatic heterocycles. The van der Waals surface area contributed by atoms with Gasteiger partial charge in [0.25, 0.3) is 5.69 Å². The molecule has 1 aromatic heterocycles. The number of nitro groups is 1. The zero-order valence-electron chi connectivity index (χ0n) is 10.0. The maximum absolute atomic E-state index is 10.6. The van der Waals surface area contributed by atoms with E-state index in [9.17, 15) is 15.2 Å². The van der Waals surface area contributed by atoms with Crippen LogP contribution < -0.4 is 5.32 Å². The molecule has 8 heteroatoms. The average molecular weight is 292 g/mol. The van der Waals surface area contributed by atoms with E-state index in [2.05, 4.69) is 10.3 Å². The zero-order chi connectivity index (χ0) is 13.8. The van der Waals surface area contributed by atoms with E-state index in [0.717, 1.165) is 0 Å². The van der Waals surface area contributed by atoms with Crippen LogP contribution in [0, 0.1) is 10.1 Å². The minimum absolute atomic E-state index is 0.0382. The molecular formula is C10H14ClN3O3S. The third-order valence-corrected chi connectivity index (χ3v) is 3.20. The summed E-state index contributed by atoms with van der Waals surface area (Å²) in [7, 11) is 0. The van der Waals surface area contributed by atoms with Gasteiger partial charge in [-0.2, -0.15) is 11.8 Å². The number of aliphatic hydroxyl groups is 1. The predicted octanol–water partition coefficient (Wildman–Crippen LogP) is 2.17. The number of hydrogen-bond acceptors (Lipinski definition) is 6. The Labute approximate surface area is 114 Å². The van der Waals surface area contributed by atoms with Gasteiger partial charge in [-0.05, 0) is 13.2 Å². The summed E-state index contributed by atoms with van der Waals surface area (Å²) in [6.07, 6.45) is 1.89. The van der Waals surface area contributed by atoms with Crippen LogP contribution in [0.2, 0.25) is 5.15 Å². The lowest BCUT2D eigenvalue weighted by Gasteiger charge is -2.22. The number of hydrogen-bond donors (Lipinski definition) is 2. The number of halogens is 1. The Kier molecular flexibility index (Phi) is 5.18. The van der Waals surface area contributed by atoms with Crippen LogP contribution in [-0.4, -0.2) is 39.2 Å². The average Bonchev–Trinajstić information content (AvgIpc) is 2.26. The van der Waals surface area contributed by atoms with E-state index in [1.807, 2.05) is 6.26 Å². The molecule has 0 aromatic carbocycles. The van der Waals surface area contributed by atoms with Crippen LogP contribution in [-0.2, 0) is 0 Å². The first-order valence-electron chi connectivity index (χ1n) is 5.11. The van der Waals surface area contributed by atoms with E-state index in [-0.39, 0.29) is 23.2 Å². The van der Waals surface area contributed by atoms with Crippen LogP contribution in [0.4, 0.5) is 11.5 Å². The Morgan fingerprint density at radius 1 is 1.67 bits per heavy atom. The summed E-state index contributed by atoms with van der Waals surface area (Å²) in [6, 6.07) is 2.45. The second-order valence-electron chi connectivity index (χ2n) is 4.07. The second kappa shape index (κ2) is 6.21. The molecule has 0 amide bonds. The Morgan fingerprint density at radius 3 is 2.89 bits per heavy atom. The van der Waals surface area contributed by atoms with Gasteiger partial charge in [-0.3, -0.25) is 10.1 Å². The van der Waals surface area contributed by atoms with Gasteiger partial charge in [-0.25, -0.2) is 4.98 Å². The highest BCUT2D eigenvalue weighted by molar-refractivity contribution is 7.98. The predicted molar refractivity (Wildman–Crippen MR) is 73.4 cm³/mol. The van der Waals surface area contributed by atoms with Gasteiger partial charge in [0, 0.05) is 12.3 Å². The van der Waals surface area contributed by atoms with Gasteiger partial charge < -0.3 is 10.4 Å². The third kappa shape index (κ3) is 4.67. The Hall–Kier alpha value is -1.05. The quantitative estimate of drug-likeness (QED) is 0.474. The Balaban J connectivity index is 2.76. The largest absolute Gasteiger partial charge is 0.387 e. The standard InChI is InChI=1S/C10H14ClN3O3S/c1-10(15,6-18-2)5-12-9-4-7(14(16)17)3-8(11)13-9/h3-4,15H,5-6H2,1-2H3,(H,12,13). The normalized spacial score (nSPS) is 14.0. The van der Waals surface area contributed by atoms with Gasteiger partial charge in [-0.15, -0.1) is 0 Å². The number of nitrogens with zero attached hydrogens (tertiary/aromatic N) is 2. The minimum Gasteiger partial charge on any atom is -0.387 e. The van der Waals surface area contributed by atoms with Crippen molar-refractivity contribution in [2.75, 3.05) is 23.9 Å². The van der Waals surface area contributed by atoms with Gasteiger partial charge in [0.05, 0.1) is 22.7 Å². The van der Waals surface area contributed by atoms with Crippen molar-refractivity contribution in [3.63, 3.8) is 0 Å². The van der Waals surface area contributed by atoms with Crippen molar-refractivity contribution in [3.8, 4) is 0 Å². The molecule has 18 heavy (non-hydrogen) atoms. The van der Waals surface area contributed by atoms with Crippen molar-refractivity contribution < 1.29 is 10.0 Å². The van der Waals surface area contributed by atoms with Crippen molar-refractivity contribution >= 4 is 34.9 Å². The van der Waals surface area contributed by atoms with Crippen molar-refractivity contribution in [1.29, 1.82) is 0 Å². The molecule has 0 spiro atoms. The fourth-order valence-corrected chi connectivity index (χ4v) is 2.25. The molecule has 0 saturated heterocycles. The smallest absolute Gasteiger partial charge is 0.276 e. The molecule has 0 fully saturated rings. The highest BCUT2D eigenvalue weighted by Gasteiger charge is 2.20. The molecule has 1 aromatic rings. The summed E-state index contributed by atoms with van der Waals surface area (Å²) in [5, 5.41) is 23.5. The van der Waals surface area contributed by atoms with Gasteiger partial charge >= 0.3 is 0 Å². The topological polar surface area (TPSA) is 88.3 Å². The Morgan fingerprint density at radius 2 is 2.33 bits per heavy atom. The summed E-state index contributed by atoms with van der Waals surface area (Å²) in [6.45, 7) is 1.91. The molecule has 1 unspecified atom stereocenters. The molecule has 0 aliphatic carbocycles. The maximum atomic E-state index is 10.6. The molecular weight excluding hydrogens is 278 g/mol. The first kappa shape index (κ1) is 15.0. The van der Waals surface area contributed by atoms with Crippen LogP contribution in [0.3, 0.4) is 0 Å². The summed E-state index contributed by atoms with van der Waals surface area (Å²) < 4.78 is 0. The molecule has 6 nitrogen and oxygen atoms in total. The highest BCUT2D eigenvalue weighted by Crippen LogP contribution is 2.21. The molecule has 0 radical (unpaired) electrons. The number of nitrogens with one attached hydrogen (secondary N) is 1. The van der Waals surface area contributed by atoms with Crippen molar-refractivity contribution in [1.82, 2.24) is 4.98 Å². The Bertz CT molecular complexity index is 442. The van der Waals surface area contributed by atoms with Crippen LogP contribution in [0.25, 0.3) is 0 Å². The second-order valence-corrected chi connectivity index (χ2v) is 5.33. The molecule has 2 N–H and O–H groups in total. The molecule has 0 saturated carbocycles. The van der Waals surface area contributed by atoms with E-state index in [1.54, 1.807) is 6.92 Å². The van der Waals surface area contributed by atoms with Gasteiger partial charge in [0.2, 0.25) is 0 Å². The van der Waals surface area contributed by atoms with Gasteiger partial charge in [-0.1, -0.05) is 11.6 Å². The number of rotatable bonds is 6. The highest BCUT2D eigenvalue weighted by atomic mass is 35.5. The van der Waals surface area contributed by atoms with Crippen molar-refractivity contribution in [3.05, 3.63) is 27.4 Å². The maximum Gasteiger partial charge on any atom is 0.276 e. The summed E-state index contributed by atoms with van der Waals surface area (Å²) >= 11 is 7.19. The third-order valence-electron chi connectivity index (χ3n) is 2.10. The van der Waals surface area contributed by atoms with E-state index in [0.29, 0.717) is 5.75 Å². The lowest BCUT2D eigenvalue weighted by molar-refractivity contribution is -0.384. The fourth-order valence-electron chi connectivity index (χ4n) is 1.32. The monoisotopic (exact) mass is 291 g/mol. The summed E-state index contributed by atoms with van der Waals surface area (Å²) in [4.78, 5) is 14.0. The van der Waals surface area contributed by atoms with Crippen LogP contribution in [0.5, 0.6) is 0 Å². The van der Waals surface area contributed by atoms with Crippen LogP contribution in [0.1, 0.15) is 6.92 Å². The van der Waals surface area contributed by atoms with E-state index in [1.165, 1.54) is 23.9 Å². The number of anilines is 1. The molecule has 100 valence electrons. The summed E-state index contributed by atoms with van der Waals surface area (Å²) in [5.74, 6) is 0.818. The number of pyridine rings is 1. The van der Waals surface area contributed by atoms with Crippen LogP contribution in [0.15, 0.2) is 12.1 Å². The summed E-state index contributed by atoms with van der Waals surface area (Å²) in [5.41, 5.74) is -1.06. The number of thioether (sulfide) groups is 1. The SMILES string of the molecule is CSCC(C)(O)CNc1cc([N+](=O)[O-])cc(Cl)n1. The van der Waals surface area contributed by atoms with E-state index < -0.39 is 10.5 Å². The molecule has 0 aliphatic rings. The van der Waals surface area contributed by atoms with Gasteiger partial charge in [0.1, 0.15) is 11.0 Å². The molecule has 1 atom stereocenters. The van der Waals surface area contributed by atoms with Gasteiger partial charge in [0.15, 0.2) is 0 Å². The number of aromatic nitrogens is 1. The first-order valence-corrected chi connectivity index (χ1v) is 6.88. The van der Waals surface area contributed by atoms with Crippen molar-refractivity contribution in [2.45, 2.75) is 12.5 Å². The van der Waals surface area contributed by atoms with E-state index in [4.69, 9.17) is 11.6 Å². The zero-order valence-corrected chi connectivity index (χ0v) is 11.6. The molecule has 1 heterocycles. The molecule has 0 bridgehead atoms. The lowest BCUT2D eigenvalue weighted by atomic mass is 10.1. The minimum atomic E-state index is -0.918. The fraction of sp³-hybridized carbons (Fsp3) is 0.500.